The quantitative estimate of drug-likeness (QED) is 0.906. The summed E-state index contributed by atoms with van der Waals surface area (Å²) in [5.74, 6) is 0.869. The second-order valence-corrected chi connectivity index (χ2v) is 5.74. The molecule has 0 aliphatic heterocycles. The van der Waals surface area contributed by atoms with E-state index >= 15 is 0 Å². The lowest BCUT2D eigenvalue weighted by atomic mass is 9.77. The molecule has 0 spiro atoms. The second-order valence-electron chi connectivity index (χ2n) is 5.74. The van der Waals surface area contributed by atoms with Crippen molar-refractivity contribution >= 4 is 0 Å². The molecule has 2 aliphatic carbocycles. The van der Waals surface area contributed by atoms with Gasteiger partial charge in [-0.25, -0.2) is 0 Å². The third kappa shape index (κ3) is 2.63. The summed E-state index contributed by atoms with van der Waals surface area (Å²) in [6.07, 6.45) is 6.42. The molecule has 1 aromatic rings. The summed E-state index contributed by atoms with van der Waals surface area (Å²) in [6, 6.07) is 7.90. The van der Waals surface area contributed by atoms with Gasteiger partial charge < -0.3 is 14.6 Å². The highest BCUT2D eigenvalue weighted by molar-refractivity contribution is 5.34. The van der Waals surface area contributed by atoms with Crippen LogP contribution < -0.4 is 4.74 Å². The maximum absolute atomic E-state index is 11.0. The van der Waals surface area contributed by atoms with Gasteiger partial charge in [-0.15, -0.1) is 0 Å². The summed E-state index contributed by atoms with van der Waals surface area (Å²) in [5.41, 5.74) is 0.0628. The highest BCUT2D eigenvalue weighted by Gasteiger charge is 2.41. The third-order valence-electron chi connectivity index (χ3n) is 4.25. The van der Waals surface area contributed by atoms with Crippen molar-refractivity contribution in [1.29, 1.82) is 0 Å². The van der Waals surface area contributed by atoms with Gasteiger partial charge in [0.1, 0.15) is 11.4 Å². The molecule has 2 fully saturated rings. The van der Waals surface area contributed by atoms with Crippen LogP contribution in [-0.4, -0.2) is 24.4 Å². The van der Waals surface area contributed by atoms with Gasteiger partial charge in [0.2, 0.25) is 0 Å². The number of aliphatic hydroxyl groups is 1. The predicted molar refractivity (Wildman–Crippen MR) is 73.3 cm³/mol. The summed E-state index contributed by atoms with van der Waals surface area (Å²) >= 11 is 0. The average Bonchev–Trinajstić information content (AvgIpc) is 3.23. The van der Waals surface area contributed by atoms with E-state index in [1.54, 1.807) is 7.11 Å². The van der Waals surface area contributed by atoms with Crippen LogP contribution in [0, 0.1) is 0 Å². The topological polar surface area (TPSA) is 38.7 Å². The minimum absolute atomic E-state index is 0.113. The van der Waals surface area contributed by atoms with Gasteiger partial charge in [-0.2, -0.15) is 0 Å². The molecular weight excluding hydrogens is 240 g/mol. The van der Waals surface area contributed by atoms with Crippen molar-refractivity contribution in [1.82, 2.24) is 0 Å². The van der Waals surface area contributed by atoms with Crippen molar-refractivity contribution in [2.75, 3.05) is 7.11 Å². The van der Waals surface area contributed by atoms with Gasteiger partial charge in [0, 0.05) is 7.11 Å². The number of hydrogen-bond acceptors (Lipinski definition) is 3. The molecule has 1 aromatic carbocycles. The van der Waals surface area contributed by atoms with Gasteiger partial charge in [0.15, 0.2) is 0 Å². The maximum Gasteiger partial charge on any atom is 0.120 e. The standard InChI is InChI=1S/C16H22O3/c1-18-15-7-2-3-10-16(15,17)12-5-4-6-14(11-12)19-13-8-9-13/h4-6,11,13,15,17H,2-3,7-10H2,1H3. The molecule has 0 radical (unpaired) electrons. The van der Waals surface area contributed by atoms with E-state index in [0.29, 0.717) is 6.10 Å². The predicted octanol–water partition coefficient (Wildman–Crippen LogP) is 3.00. The van der Waals surface area contributed by atoms with Crippen LogP contribution in [0.4, 0.5) is 0 Å². The molecule has 0 amide bonds. The van der Waals surface area contributed by atoms with Crippen LogP contribution in [-0.2, 0) is 10.3 Å². The number of rotatable bonds is 4. The lowest BCUT2D eigenvalue weighted by Gasteiger charge is -2.39. The Morgan fingerprint density at radius 3 is 2.79 bits per heavy atom. The summed E-state index contributed by atoms with van der Waals surface area (Å²) in [6.45, 7) is 0. The van der Waals surface area contributed by atoms with Crippen LogP contribution in [0.5, 0.6) is 5.75 Å². The van der Waals surface area contributed by atoms with Crippen LogP contribution >= 0.6 is 0 Å². The fraction of sp³-hybridized carbons (Fsp3) is 0.625. The molecule has 0 bridgehead atoms. The van der Waals surface area contributed by atoms with E-state index in [1.807, 2.05) is 24.3 Å². The molecule has 0 aromatic heterocycles. The highest BCUT2D eigenvalue weighted by Crippen LogP contribution is 2.40. The van der Waals surface area contributed by atoms with E-state index in [9.17, 15) is 5.11 Å². The first-order valence-electron chi connectivity index (χ1n) is 7.25. The Morgan fingerprint density at radius 1 is 1.21 bits per heavy atom. The van der Waals surface area contributed by atoms with Crippen LogP contribution in [0.3, 0.4) is 0 Å². The molecule has 0 saturated heterocycles. The van der Waals surface area contributed by atoms with E-state index in [2.05, 4.69) is 0 Å². The second kappa shape index (κ2) is 5.14. The van der Waals surface area contributed by atoms with Gasteiger partial charge >= 0.3 is 0 Å². The Bertz CT molecular complexity index is 441. The zero-order chi connectivity index (χ0) is 13.3. The third-order valence-corrected chi connectivity index (χ3v) is 4.25. The minimum atomic E-state index is -0.865. The Morgan fingerprint density at radius 2 is 2.05 bits per heavy atom. The largest absolute Gasteiger partial charge is 0.490 e. The Balaban J connectivity index is 1.85. The van der Waals surface area contributed by atoms with Crippen LogP contribution in [0.15, 0.2) is 24.3 Å². The van der Waals surface area contributed by atoms with E-state index in [-0.39, 0.29) is 6.10 Å². The maximum atomic E-state index is 11.0. The molecule has 3 rings (SSSR count). The molecule has 104 valence electrons. The molecule has 3 nitrogen and oxygen atoms in total. The summed E-state index contributed by atoms with van der Waals surface area (Å²) in [4.78, 5) is 0. The van der Waals surface area contributed by atoms with E-state index in [4.69, 9.17) is 9.47 Å². The van der Waals surface area contributed by atoms with Crippen molar-refractivity contribution < 1.29 is 14.6 Å². The molecule has 2 atom stereocenters. The van der Waals surface area contributed by atoms with Crippen LogP contribution in [0.25, 0.3) is 0 Å². The van der Waals surface area contributed by atoms with E-state index in [0.717, 1.165) is 49.8 Å². The first kappa shape index (κ1) is 12.9. The average molecular weight is 262 g/mol. The van der Waals surface area contributed by atoms with Gasteiger partial charge in [-0.1, -0.05) is 25.0 Å². The van der Waals surface area contributed by atoms with Crippen molar-refractivity contribution in [2.24, 2.45) is 0 Å². The zero-order valence-corrected chi connectivity index (χ0v) is 11.5. The number of hydrogen-bond donors (Lipinski definition) is 1. The van der Waals surface area contributed by atoms with Crippen molar-refractivity contribution in [3.63, 3.8) is 0 Å². The lowest BCUT2D eigenvalue weighted by molar-refractivity contribution is -0.122. The van der Waals surface area contributed by atoms with E-state index in [1.165, 1.54) is 0 Å². The van der Waals surface area contributed by atoms with Crippen LogP contribution in [0.1, 0.15) is 44.1 Å². The Labute approximate surface area is 114 Å². The van der Waals surface area contributed by atoms with E-state index < -0.39 is 5.60 Å². The smallest absolute Gasteiger partial charge is 0.120 e. The van der Waals surface area contributed by atoms with Gasteiger partial charge in [0.25, 0.3) is 0 Å². The first-order valence-corrected chi connectivity index (χ1v) is 7.25. The molecule has 19 heavy (non-hydrogen) atoms. The SMILES string of the molecule is COC1CCCCC1(O)c1cccc(OC2CC2)c1. The van der Waals surface area contributed by atoms with Crippen molar-refractivity contribution in [2.45, 2.75) is 56.3 Å². The summed E-state index contributed by atoms with van der Waals surface area (Å²) < 4.78 is 11.3. The molecule has 2 unspecified atom stereocenters. The number of benzene rings is 1. The monoisotopic (exact) mass is 262 g/mol. The molecule has 0 heterocycles. The molecular formula is C16H22O3. The van der Waals surface area contributed by atoms with Gasteiger partial charge in [-0.05, 0) is 43.4 Å². The van der Waals surface area contributed by atoms with Gasteiger partial charge in [0.05, 0.1) is 12.2 Å². The first-order chi connectivity index (χ1) is 9.22. The van der Waals surface area contributed by atoms with Crippen LogP contribution in [0.2, 0.25) is 0 Å². The summed E-state index contributed by atoms with van der Waals surface area (Å²) in [7, 11) is 1.69. The molecule has 3 heteroatoms. The molecule has 2 saturated carbocycles. The number of ether oxygens (including phenoxy) is 2. The molecule has 1 N–H and O–H groups in total. The summed E-state index contributed by atoms with van der Waals surface area (Å²) in [5, 5.41) is 11.0. The Kier molecular flexibility index (Phi) is 3.50. The fourth-order valence-electron chi connectivity index (χ4n) is 2.98. The fourth-order valence-corrected chi connectivity index (χ4v) is 2.98. The number of methoxy groups -OCH3 is 1. The van der Waals surface area contributed by atoms with Crippen molar-refractivity contribution in [3.05, 3.63) is 29.8 Å². The molecule has 2 aliphatic rings. The minimum Gasteiger partial charge on any atom is -0.490 e. The van der Waals surface area contributed by atoms with Crippen molar-refractivity contribution in [3.8, 4) is 5.75 Å². The normalized spacial score (nSPS) is 31.2. The Hall–Kier alpha value is -1.06. The zero-order valence-electron chi connectivity index (χ0n) is 11.5. The lowest BCUT2D eigenvalue weighted by Crippen LogP contribution is -2.43. The highest BCUT2D eigenvalue weighted by atomic mass is 16.5. The van der Waals surface area contributed by atoms with Gasteiger partial charge in [-0.3, -0.25) is 0 Å².